The second-order valence-electron chi connectivity index (χ2n) is 14.1. The summed E-state index contributed by atoms with van der Waals surface area (Å²) in [6.07, 6.45) is 1.11. The molecule has 2 aromatic rings. The van der Waals surface area contributed by atoms with Gasteiger partial charge in [-0.3, -0.25) is 9.59 Å². The fourth-order valence-electron chi connectivity index (χ4n) is 4.79. The van der Waals surface area contributed by atoms with Gasteiger partial charge < -0.3 is 33.5 Å². The minimum atomic E-state index is -0.787. The first-order chi connectivity index (χ1) is 22.1. The first-order valence-electron chi connectivity index (χ1n) is 16.9. The number of rotatable bonds is 20. The minimum Gasteiger partial charge on any atom is -0.491 e. The summed E-state index contributed by atoms with van der Waals surface area (Å²) in [4.78, 5) is 24.1. The first kappa shape index (κ1) is 38.3. The lowest BCUT2D eigenvalue weighted by Gasteiger charge is -2.27. The summed E-state index contributed by atoms with van der Waals surface area (Å²) in [6.45, 7) is 18.8. The zero-order valence-corrected chi connectivity index (χ0v) is 29.8. The highest BCUT2D eigenvalue weighted by Crippen LogP contribution is 2.38. The van der Waals surface area contributed by atoms with Crippen molar-refractivity contribution in [1.29, 1.82) is 0 Å². The van der Waals surface area contributed by atoms with Gasteiger partial charge in [-0.1, -0.05) is 65.8 Å². The molecule has 0 bridgehead atoms. The van der Waals surface area contributed by atoms with Gasteiger partial charge in [-0.25, -0.2) is 0 Å². The number of hydrogen-bond acceptors (Lipinski definition) is 9. The molecule has 1 N–H and O–H groups in total. The lowest BCUT2D eigenvalue weighted by molar-refractivity contribution is -0.163. The normalized spacial score (nSPS) is 19.7. The van der Waals surface area contributed by atoms with Gasteiger partial charge in [0.05, 0.1) is 25.0 Å². The Morgan fingerprint density at radius 1 is 0.851 bits per heavy atom. The monoisotopic (exact) mass is 656 g/mol. The number of carbonyl (C=O) groups excluding carboxylic acids is 2. The molecule has 0 amide bonds. The van der Waals surface area contributed by atoms with E-state index in [1.165, 1.54) is 0 Å². The lowest BCUT2D eigenvalue weighted by atomic mass is 9.78. The van der Waals surface area contributed by atoms with E-state index in [0.29, 0.717) is 25.4 Å². The fourth-order valence-corrected chi connectivity index (χ4v) is 4.79. The third-order valence-electron chi connectivity index (χ3n) is 9.10. The highest BCUT2D eigenvalue weighted by molar-refractivity contribution is 5.72. The van der Waals surface area contributed by atoms with Gasteiger partial charge in [0.1, 0.15) is 54.7 Å². The second-order valence-corrected chi connectivity index (χ2v) is 14.1. The molecule has 1 aliphatic rings. The highest BCUT2D eigenvalue weighted by Gasteiger charge is 2.54. The zero-order chi connectivity index (χ0) is 34.8. The molecule has 5 unspecified atom stereocenters. The maximum absolute atomic E-state index is 12.1. The Morgan fingerprint density at radius 2 is 1.38 bits per heavy atom. The van der Waals surface area contributed by atoms with E-state index in [1.54, 1.807) is 0 Å². The molecule has 1 heterocycles. The van der Waals surface area contributed by atoms with E-state index in [2.05, 4.69) is 26.0 Å². The number of hydrogen-bond donors (Lipinski definition) is 1. The quantitative estimate of drug-likeness (QED) is 0.0951. The van der Waals surface area contributed by atoms with Crippen LogP contribution in [-0.4, -0.2) is 73.5 Å². The van der Waals surface area contributed by atoms with Gasteiger partial charge >= 0.3 is 11.9 Å². The van der Waals surface area contributed by atoms with Gasteiger partial charge in [-0.15, -0.1) is 0 Å². The highest BCUT2D eigenvalue weighted by atomic mass is 16.7. The van der Waals surface area contributed by atoms with Gasteiger partial charge in [0.25, 0.3) is 0 Å². The molecule has 1 fully saturated rings. The largest absolute Gasteiger partial charge is 0.491 e. The van der Waals surface area contributed by atoms with Crippen molar-refractivity contribution < 1.29 is 43.1 Å². The van der Waals surface area contributed by atoms with Crippen molar-refractivity contribution in [2.75, 3.05) is 33.0 Å². The number of carbonyl (C=O) groups is 2. The summed E-state index contributed by atoms with van der Waals surface area (Å²) in [5.41, 5.74) is 0.852. The van der Waals surface area contributed by atoms with Crippen LogP contribution in [0.5, 0.6) is 11.5 Å². The van der Waals surface area contributed by atoms with Crippen molar-refractivity contribution in [2.24, 2.45) is 11.8 Å². The predicted molar refractivity (Wildman–Crippen MR) is 181 cm³/mol. The molecule has 2 aromatic carbocycles. The third kappa shape index (κ3) is 11.5. The average Bonchev–Trinajstić information content (AvgIpc) is 3.72. The van der Waals surface area contributed by atoms with Crippen LogP contribution in [0.2, 0.25) is 0 Å². The van der Waals surface area contributed by atoms with E-state index < -0.39 is 17.3 Å². The van der Waals surface area contributed by atoms with Crippen LogP contribution in [0.1, 0.15) is 92.7 Å². The Hall–Kier alpha value is -3.14. The predicted octanol–water partition coefficient (Wildman–Crippen LogP) is 6.65. The third-order valence-corrected chi connectivity index (χ3v) is 9.10. The Morgan fingerprint density at radius 3 is 1.94 bits per heavy atom. The van der Waals surface area contributed by atoms with Gasteiger partial charge in [-0.2, -0.15) is 0 Å². The first-order valence-corrected chi connectivity index (χ1v) is 16.9. The average molecular weight is 657 g/mol. The number of esters is 2. The van der Waals surface area contributed by atoms with Crippen molar-refractivity contribution in [2.45, 2.75) is 110 Å². The van der Waals surface area contributed by atoms with Crippen molar-refractivity contribution in [1.82, 2.24) is 0 Å². The van der Waals surface area contributed by atoms with Crippen LogP contribution in [0.25, 0.3) is 0 Å². The van der Waals surface area contributed by atoms with E-state index in [4.69, 9.17) is 28.4 Å². The van der Waals surface area contributed by atoms with Crippen LogP contribution < -0.4 is 9.47 Å². The molecule has 0 aromatic heterocycles. The molecule has 0 spiro atoms. The molecule has 47 heavy (non-hydrogen) atoms. The molecule has 0 radical (unpaired) electrons. The van der Waals surface area contributed by atoms with Crippen LogP contribution in [0.4, 0.5) is 0 Å². The molecule has 262 valence electrons. The van der Waals surface area contributed by atoms with E-state index >= 15 is 0 Å². The Balaban J connectivity index is 1.39. The van der Waals surface area contributed by atoms with Crippen molar-refractivity contribution in [3.8, 4) is 11.5 Å². The van der Waals surface area contributed by atoms with Gasteiger partial charge in [0.2, 0.25) is 0 Å². The van der Waals surface area contributed by atoms with Crippen LogP contribution in [0.15, 0.2) is 48.5 Å². The molecule has 5 atom stereocenters. The summed E-state index contributed by atoms with van der Waals surface area (Å²) in [6, 6.07) is 15.9. The SMILES string of the molecule is CCC(C)C(=O)OCC1(C)OC1COc1ccc(C(C)(C)c2ccc(OCC(O)COCCC(C)(C)OC(=O)C(C)CC)cc2)cc1. The molecule has 1 saturated heterocycles. The van der Waals surface area contributed by atoms with Crippen molar-refractivity contribution in [3.05, 3.63) is 59.7 Å². The summed E-state index contributed by atoms with van der Waals surface area (Å²) in [5, 5.41) is 10.3. The molecule has 0 aliphatic carbocycles. The molecule has 9 heteroatoms. The number of aliphatic hydroxyl groups excluding tert-OH is 1. The summed E-state index contributed by atoms with van der Waals surface area (Å²) >= 11 is 0. The second kappa shape index (κ2) is 16.8. The van der Waals surface area contributed by atoms with Crippen LogP contribution in [-0.2, 0) is 34.0 Å². The molecular formula is C38H56O9. The van der Waals surface area contributed by atoms with Crippen LogP contribution in [0.3, 0.4) is 0 Å². The minimum absolute atomic E-state index is 0.102. The van der Waals surface area contributed by atoms with E-state index in [9.17, 15) is 14.7 Å². The summed E-state index contributed by atoms with van der Waals surface area (Å²) < 4.78 is 34.2. The van der Waals surface area contributed by atoms with Crippen molar-refractivity contribution >= 4 is 11.9 Å². The Labute approximate surface area is 281 Å². The van der Waals surface area contributed by atoms with Crippen molar-refractivity contribution in [3.63, 3.8) is 0 Å². The lowest BCUT2D eigenvalue weighted by Crippen LogP contribution is -2.32. The topological polar surface area (TPSA) is 113 Å². The number of ether oxygens (including phenoxy) is 6. The van der Waals surface area contributed by atoms with Gasteiger partial charge in [0.15, 0.2) is 0 Å². The Kier molecular flexibility index (Phi) is 13.7. The van der Waals surface area contributed by atoms with Gasteiger partial charge in [0, 0.05) is 11.8 Å². The number of benzene rings is 2. The molecule has 0 saturated carbocycles. The maximum Gasteiger partial charge on any atom is 0.309 e. The maximum atomic E-state index is 12.1. The smallest absolute Gasteiger partial charge is 0.309 e. The number of epoxide rings is 1. The summed E-state index contributed by atoms with van der Waals surface area (Å²) in [7, 11) is 0. The van der Waals surface area contributed by atoms with E-state index in [1.807, 2.05) is 84.9 Å². The molecule has 1 aliphatic heterocycles. The zero-order valence-electron chi connectivity index (χ0n) is 29.8. The summed E-state index contributed by atoms with van der Waals surface area (Å²) in [5.74, 6) is 0.769. The van der Waals surface area contributed by atoms with Gasteiger partial charge in [-0.05, 0) is 69.0 Å². The molecule has 3 rings (SSSR count). The standard InChI is InChI=1S/C38H56O9/c1-10-26(3)34(40)45-25-38(9)33(46-38)24-44-32-18-14-29(15-19-32)37(7,8)28-12-16-31(17-13-28)43-23-30(39)22-42-21-20-36(5,6)47-35(41)27(4)11-2/h12-19,26-27,30,33,39H,10-11,20-25H2,1-9H3. The van der Waals surface area contributed by atoms with Crippen LogP contribution in [0, 0.1) is 11.8 Å². The molecular weight excluding hydrogens is 600 g/mol. The van der Waals surface area contributed by atoms with Crippen LogP contribution >= 0.6 is 0 Å². The number of aliphatic hydroxyl groups is 1. The Bertz CT molecular complexity index is 1270. The molecule has 9 nitrogen and oxygen atoms in total. The van der Waals surface area contributed by atoms with E-state index in [0.717, 1.165) is 29.7 Å². The fraction of sp³-hybridized carbons (Fsp3) is 0.632. The van der Waals surface area contributed by atoms with E-state index in [-0.39, 0.29) is 55.1 Å².